The van der Waals surface area contributed by atoms with Gasteiger partial charge in [-0.2, -0.15) is 0 Å². The lowest BCUT2D eigenvalue weighted by atomic mass is 10.1. The summed E-state index contributed by atoms with van der Waals surface area (Å²) >= 11 is 0. The zero-order chi connectivity index (χ0) is 16.8. The van der Waals surface area contributed by atoms with Crippen molar-refractivity contribution in [2.75, 3.05) is 52.1 Å². The molecule has 0 spiro atoms. The van der Waals surface area contributed by atoms with Crippen LogP contribution in [0.5, 0.6) is 0 Å². The highest BCUT2D eigenvalue weighted by Crippen LogP contribution is 2.21. The van der Waals surface area contributed by atoms with Crippen LogP contribution in [0.3, 0.4) is 0 Å². The summed E-state index contributed by atoms with van der Waals surface area (Å²) in [7, 11) is 4.26. The van der Waals surface area contributed by atoms with Crippen molar-refractivity contribution in [1.29, 1.82) is 0 Å². The molecule has 1 aliphatic heterocycles. The first kappa shape index (κ1) is 24.3. The van der Waals surface area contributed by atoms with E-state index < -0.39 is 0 Å². The average molecular weight is 393 g/mol. The molecule has 1 aliphatic rings. The second-order valence-corrected chi connectivity index (χ2v) is 6.58. The molecule has 146 valence electrons. The molecule has 0 saturated heterocycles. The molecule has 0 aromatic carbocycles. The Morgan fingerprint density at radius 3 is 2.48 bits per heavy atom. The summed E-state index contributed by atoms with van der Waals surface area (Å²) in [5.41, 5.74) is 8.21. The molecule has 2 heterocycles. The van der Waals surface area contributed by atoms with E-state index in [-0.39, 0.29) is 24.8 Å². The molecule has 0 radical (unpaired) electrons. The molecule has 0 saturated carbocycles. The van der Waals surface area contributed by atoms with Crippen LogP contribution in [0.1, 0.15) is 30.4 Å². The zero-order valence-corrected chi connectivity index (χ0v) is 17.5. The van der Waals surface area contributed by atoms with Gasteiger partial charge in [0.05, 0.1) is 5.69 Å². The molecule has 0 aliphatic carbocycles. The van der Waals surface area contributed by atoms with Crippen LogP contribution >= 0.6 is 24.8 Å². The van der Waals surface area contributed by atoms with Gasteiger partial charge in [0.25, 0.3) is 0 Å². The van der Waals surface area contributed by atoms with Crippen LogP contribution in [-0.4, -0.2) is 72.6 Å². The minimum absolute atomic E-state index is 0. The Bertz CT molecular complexity index is 512. The Hall–Kier alpha value is -0.660. The number of aromatic nitrogens is 2. The van der Waals surface area contributed by atoms with Gasteiger partial charge in [0.15, 0.2) is 0 Å². The molecule has 25 heavy (non-hydrogen) atoms. The number of rotatable bonds is 7. The summed E-state index contributed by atoms with van der Waals surface area (Å²) in [5.74, 6) is 1.89. The lowest BCUT2D eigenvalue weighted by molar-refractivity contribution is 0.295. The van der Waals surface area contributed by atoms with E-state index in [9.17, 15) is 0 Å². The van der Waals surface area contributed by atoms with E-state index in [1.165, 1.54) is 11.3 Å². The van der Waals surface area contributed by atoms with Crippen LogP contribution in [0.25, 0.3) is 0 Å². The Labute approximate surface area is 164 Å². The van der Waals surface area contributed by atoms with Gasteiger partial charge in [0.2, 0.25) is 0 Å². The topological polar surface area (TPSA) is 70.3 Å². The smallest absolute Gasteiger partial charge is 0.133 e. The van der Waals surface area contributed by atoms with Crippen LogP contribution in [0.4, 0.5) is 5.82 Å². The number of fused-ring (bicyclic) bond motifs is 1. The summed E-state index contributed by atoms with van der Waals surface area (Å²) in [6.45, 7) is 8.87. The fourth-order valence-electron chi connectivity index (χ4n) is 3.23. The van der Waals surface area contributed by atoms with E-state index in [2.05, 4.69) is 41.1 Å². The number of nitrogens with two attached hydrogens (primary N) is 1. The highest BCUT2D eigenvalue weighted by Gasteiger charge is 2.19. The maximum atomic E-state index is 5.71. The average Bonchev–Trinajstić information content (AvgIpc) is 2.70. The van der Waals surface area contributed by atoms with Crippen LogP contribution in [0.2, 0.25) is 0 Å². The standard InChI is InChI=1S/C17H32N6.2ClH/c1-5-14(22(3)4)12-19-17-15-6-9-23(11-8-18)10-7-16(15)20-13(2)21-17;;/h14H,5-12,18H2,1-4H3,(H,19,20,21);2*1H. The van der Waals surface area contributed by atoms with E-state index in [0.717, 1.165) is 57.1 Å². The van der Waals surface area contributed by atoms with Crippen molar-refractivity contribution >= 4 is 30.6 Å². The number of nitrogens with zero attached hydrogens (tertiary/aromatic N) is 4. The Morgan fingerprint density at radius 2 is 1.88 bits per heavy atom. The SMILES string of the molecule is CCC(CNc1nc(C)nc2c1CCN(CCN)CC2)N(C)C.Cl.Cl. The molecule has 0 bridgehead atoms. The van der Waals surface area contributed by atoms with E-state index in [1.807, 2.05) is 6.92 Å². The molecule has 3 N–H and O–H groups in total. The Balaban J connectivity index is 0.00000288. The van der Waals surface area contributed by atoms with Gasteiger partial charge >= 0.3 is 0 Å². The Morgan fingerprint density at radius 1 is 1.20 bits per heavy atom. The van der Waals surface area contributed by atoms with Crippen LogP contribution in [-0.2, 0) is 12.8 Å². The molecule has 6 nitrogen and oxygen atoms in total. The monoisotopic (exact) mass is 392 g/mol. The molecule has 1 atom stereocenters. The van der Waals surface area contributed by atoms with Crippen molar-refractivity contribution in [2.45, 2.75) is 39.2 Å². The second kappa shape index (κ2) is 11.9. The number of hydrogen-bond acceptors (Lipinski definition) is 6. The van der Waals surface area contributed by atoms with Gasteiger partial charge in [-0.3, -0.25) is 0 Å². The van der Waals surface area contributed by atoms with E-state index >= 15 is 0 Å². The van der Waals surface area contributed by atoms with E-state index in [4.69, 9.17) is 10.7 Å². The molecule has 2 rings (SSSR count). The molecule has 0 fully saturated rings. The summed E-state index contributed by atoms with van der Waals surface area (Å²) in [5, 5.41) is 3.58. The van der Waals surface area contributed by atoms with Gasteiger partial charge in [0.1, 0.15) is 11.6 Å². The van der Waals surface area contributed by atoms with Crippen molar-refractivity contribution < 1.29 is 0 Å². The van der Waals surface area contributed by atoms with Crippen molar-refractivity contribution in [3.05, 3.63) is 17.1 Å². The number of hydrogen-bond donors (Lipinski definition) is 2. The van der Waals surface area contributed by atoms with Gasteiger partial charge in [-0.15, -0.1) is 24.8 Å². The third kappa shape index (κ3) is 6.87. The maximum absolute atomic E-state index is 5.71. The Kier molecular flexibility index (Phi) is 11.5. The predicted molar refractivity (Wildman–Crippen MR) is 110 cm³/mol. The summed E-state index contributed by atoms with van der Waals surface area (Å²) in [6, 6.07) is 0.514. The van der Waals surface area contributed by atoms with Crippen molar-refractivity contribution in [3.8, 4) is 0 Å². The molecule has 1 unspecified atom stereocenters. The quantitative estimate of drug-likeness (QED) is 0.736. The first-order valence-electron chi connectivity index (χ1n) is 8.74. The first-order chi connectivity index (χ1) is 11.0. The highest BCUT2D eigenvalue weighted by molar-refractivity contribution is 5.85. The van der Waals surface area contributed by atoms with Gasteiger partial charge in [-0.1, -0.05) is 6.92 Å². The van der Waals surface area contributed by atoms with Gasteiger partial charge in [0, 0.05) is 50.7 Å². The molecular formula is C17H34Cl2N6. The third-order valence-corrected chi connectivity index (χ3v) is 4.70. The van der Waals surface area contributed by atoms with E-state index in [1.54, 1.807) is 0 Å². The van der Waals surface area contributed by atoms with Crippen molar-refractivity contribution in [2.24, 2.45) is 5.73 Å². The van der Waals surface area contributed by atoms with Crippen molar-refractivity contribution in [3.63, 3.8) is 0 Å². The summed E-state index contributed by atoms with van der Waals surface area (Å²) < 4.78 is 0. The maximum Gasteiger partial charge on any atom is 0.133 e. The van der Waals surface area contributed by atoms with Crippen LogP contribution in [0, 0.1) is 6.92 Å². The normalized spacial score (nSPS) is 15.6. The number of anilines is 1. The molecule has 1 aromatic heterocycles. The van der Waals surface area contributed by atoms with Crippen LogP contribution in [0.15, 0.2) is 0 Å². The number of aryl methyl sites for hydroxylation is 1. The van der Waals surface area contributed by atoms with Crippen molar-refractivity contribution in [1.82, 2.24) is 19.8 Å². The predicted octanol–water partition coefficient (Wildman–Crippen LogP) is 1.74. The lowest BCUT2D eigenvalue weighted by Crippen LogP contribution is -2.34. The van der Waals surface area contributed by atoms with Crippen LogP contribution < -0.4 is 11.1 Å². The van der Waals surface area contributed by atoms with Gasteiger partial charge in [-0.05, 0) is 33.9 Å². The minimum Gasteiger partial charge on any atom is -0.368 e. The first-order valence-corrected chi connectivity index (χ1v) is 8.74. The van der Waals surface area contributed by atoms with E-state index in [0.29, 0.717) is 12.6 Å². The number of nitrogens with one attached hydrogen (secondary N) is 1. The number of halogens is 2. The minimum atomic E-state index is 0. The fraction of sp³-hybridized carbons (Fsp3) is 0.765. The second-order valence-electron chi connectivity index (χ2n) is 6.58. The highest BCUT2D eigenvalue weighted by atomic mass is 35.5. The third-order valence-electron chi connectivity index (χ3n) is 4.70. The molecule has 0 amide bonds. The lowest BCUT2D eigenvalue weighted by Gasteiger charge is -2.24. The zero-order valence-electron chi connectivity index (χ0n) is 15.9. The summed E-state index contributed by atoms with van der Waals surface area (Å²) in [4.78, 5) is 14.1. The molecule has 1 aromatic rings. The fourth-order valence-corrected chi connectivity index (χ4v) is 3.23. The largest absolute Gasteiger partial charge is 0.368 e. The molecular weight excluding hydrogens is 359 g/mol. The molecule has 8 heteroatoms. The summed E-state index contributed by atoms with van der Waals surface area (Å²) in [6.07, 6.45) is 3.10. The van der Waals surface area contributed by atoms with Gasteiger partial charge < -0.3 is 20.9 Å². The number of likely N-dealkylation sites (N-methyl/N-ethyl adjacent to an activating group) is 1. The van der Waals surface area contributed by atoms with Gasteiger partial charge in [-0.25, -0.2) is 9.97 Å².